The van der Waals surface area contributed by atoms with Crippen LogP contribution in [0.3, 0.4) is 0 Å². The van der Waals surface area contributed by atoms with Gasteiger partial charge in [0.1, 0.15) is 13.2 Å². The molecule has 3 atom stereocenters. The summed E-state index contributed by atoms with van der Waals surface area (Å²) in [5, 5.41) is 13.8. The third-order valence-electron chi connectivity index (χ3n) is 11.0. The molecule has 9 heteroatoms. The molecule has 2 N–H and O–H groups in total. The SMILES string of the molecule is CCCCCCC/C=C\C/C=C\C/C=C\CCCCCCCCC(=O)NC(COP(=O)([O-])OCC[N+](C)(C)C)C(O)/C=C/CCCCCCCCCCCCCCCCC. The molecule has 0 aromatic rings. The van der Waals surface area contributed by atoms with Crippen LogP contribution in [-0.4, -0.2) is 68.5 Å². The van der Waals surface area contributed by atoms with E-state index in [0.29, 0.717) is 17.4 Å². The minimum absolute atomic E-state index is 0.00500. The summed E-state index contributed by atoms with van der Waals surface area (Å²) in [6.07, 6.45) is 54.4. The topological polar surface area (TPSA) is 108 Å². The van der Waals surface area contributed by atoms with Gasteiger partial charge in [0.05, 0.1) is 39.9 Å². The summed E-state index contributed by atoms with van der Waals surface area (Å²) >= 11 is 0. The van der Waals surface area contributed by atoms with Gasteiger partial charge in [0.15, 0.2) is 0 Å². The first-order valence-corrected chi connectivity index (χ1v) is 26.5. The van der Waals surface area contributed by atoms with E-state index in [1.54, 1.807) is 6.08 Å². The van der Waals surface area contributed by atoms with Gasteiger partial charge in [-0.3, -0.25) is 9.36 Å². The molecule has 0 rings (SSSR count). The van der Waals surface area contributed by atoms with E-state index in [1.165, 1.54) is 135 Å². The molecule has 0 saturated heterocycles. The summed E-state index contributed by atoms with van der Waals surface area (Å²) in [6.45, 7) is 4.63. The van der Waals surface area contributed by atoms with Crippen molar-refractivity contribution in [1.29, 1.82) is 0 Å². The maximum absolute atomic E-state index is 12.9. The van der Waals surface area contributed by atoms with Gasteiger partial charge in [-0.2, -0.15) is 0 Å². The van der Waals surface area contributed by atoms with Crippen LogP contribution in [0, 0.1) is 0 Å². The second kappa shape index (κ2) is 42.7. The van der Waals surface area contributed by atoms with Gasteiger partial charge >= 0.3 is 0 Å². The average molecular weight is 865 g/mol. The molecule has 0 spiro atoms. The second-order valence-corrected chi connectivity index (χ2v) is 19.6. The van der Waals surface area contributed by atoms with Crippen molar-refractivity contribution in [3.05, 3.63) is 48.6 Å². The number of carbonyl (C=O) groups is 1. The number of aliphatic hydroxyl groups excluding tert-OH is 1. The molecule has 0 aliphatic carbocycles. The second-order valence-electron chi connectivity index (χ2n) is 18.2. The number of nitrogens with zero attached hydrogens (tertiary/aromatic N) is 1. The van der Waals surface area contributed by atoms with E-state index in [2.05, 4.69) is 55.6 Å². The Morgan fingerprint density at radius 3 is 1.40 bits per heavy atom. The standard InChI is InChI=1S/C51H97N2O6P/c1-6-8-10-12-14-16-18-20-22-24-25-26-27-29-31-33-35-37-39-41-43-45-51(55)52-49(48-59-60(56,57)58-47-46-53(3,4)5)50(54)44-42-40-38-36-34-32-30-28-23-21-19-17-15-13-11-9-7-2/h18,20,24-25,27,29,42,44,49-50,54H,6-17,19,21-23,26,28,30-41,43,45-48H2,1-5H3,(H-,52,55,56,57)/b20-18-,25-24-,29-27-,44-42+. The van der Waals surface area contributed by atoms with Gasteiger partial charge in [0.25, 0.3) is 7.82 Å². The first-order valence-electron chi connectivity index (χ1n) is 25.0. The van der Waals surface area contributed by atoms with Crippen LogP contribution in [0.15, 0.2) is 48.6 Å². The van der Waals surface area contributed by atoms with Crippen LogP contribution in [0.1, 0.15) is 219 Å². The average Bonchev–Trinajstić information content (AvgIpc) is 3.20. The number of likely N-dealkylation sites (N-methyl/N-ethyl adjacent to an activating group) is 1. The van der Waals surface area contributed by atoms with Crippen molar-refractivity contribution >= 4 is 13.7 Å². The lowest BCUT2D eigenvalue weighted by atomic mass is 10.0. The van der Waals surface area contributed by atoms with Gasteiger partial charge in [0, 0.05) is 6.42 Å². The molecule has 0 saturated carbocycles. The summed E-state index contributed by atoms with van der Waals surface area (Å²) in [5.74, 6) is -0.210. The lowest BCUT2D eigenvalue weighted by Crippen LogP contribution is -2.45. The monoisotopic (exact) mass is 865 g/mol. The number of rotatable bonds is 45. The number of allylic oxidation sites excluding steroid dienone is 7. The molecule has 60 heavy (non-hydrogen) atoms. The number of phosphoric ester groups is 1. The molecule has 0 radical (unpaired) electrons. The van der Waals surface area contributed by atoms with Crippen LogP contribution in [0.5, 0.6) is 0 Å². The molecular weight excluding hydrogens is 768 g/mol. The normalized spacial score (nSPS) is 14.6. The molecule has 0 aliphatic rings. The Balaban J connectivity index is 4.38. The molecule has 1 amide bonds. The quantitative estimate of drug-likeness (QED) is 0.0273. The summed E-state index contributed by atoms with van der Waals surface area (Å²) in [6, 6.07) is -0.894. The first-order chi connectivity index (χ1) is 29.0. The van der Waals surface area contributed by atoms with Gasteiger partial charge < -0.3 is 28.8 Å². The zero-order valence-corrected chi connectivity index (χ0v) is 40.8. The number of nitrogens with one attached hydrogen (secondary N) is 1. The zero-order valence-electron chi connectivity index (χ0n) is 39.9. The molecule has 0 aromatic heterocycles. The Hall–Kier alpha value is -1.54. The van der Waals surface area contributed by atoms with E-state index in [0.717, 1.165) is 64.2 Å². The summed E-state index contributed by atoms with van der Waals surface area (Å²) in [4.78, 5) is 25.4. The number of hydrogen-bond acceptors (Lipinski definition) is 6. The molecule has 0 fully saturated rings. The highest BCUT2D eigenvalue weighted by Crippen LogP contribution is 2.38. The van der Waals surface area contributed by atoms with Crippen LogP contribution in [-0.2, 0) is 18.4 Å². The molecule has 0 aromatic carbocycles. The fourth-order valence-corrected chi connectivity index (χ4v) is 7.76. The number of carbonyl (C=O) groups excluding carboxylic acids is 1. The Kier molecular flexibility index (Phi) is 41.6. The van der Waals surface area contributed by atoms with Gasteiger partial charge in [-0.15, -0.1) is 0 Å². The molecule has 352 valence electrons. The highest BCUT2D eigenvalue weighted by molar-refractivity contribution is 7.45. The van der Waals surface area contributed by atoms with Crippen LogP contribution in [0.2, 0.25) is 0 Å². The van der Waals surface area contributed by atoms with Crippen molar-refractivity contribution in [2.45, 2.75) is 231 Å². The number of aliphatic hydroxyl groups is 1. The fourth-order valence-electron chi connectivity index (χ4n) is 7.04. The molecule has 0 heterocycles. The molecule has 0 bridgehead atoms. The summed E-state index contributed by atoms with van der Waals surface area (Å²) in [5.41, 5.74) is 0. The Morgan fingerprint density at radius 1 is 0.583 bits per heavy atom. The predicted molar refractivity (Wildman–Crippen MR) is 256 cm³/mol. The minimum Gasteiger partial charge on any atom is -0.756 e. The largest absolute Gasteiger partial charge is 0.756 e. The minimum atomic E-state index is -4.60. The van der Waals surface area contributed by atoms with E-state index in [1.807, 2.05) is 27.2 Å². The molecule has 0 aliphatic heterocycles. The van der Waals surface area contributed by atoms with Crippen molar-refractivity contribution in [3.63, 3.8) is 0 Å². The molecule has 8 nitrogen and oxygen atoms in total. The van der Waals surface area contributed by atoms with Crippen molar-refractivity contribution in [2.24, 2.45) is 0 Å². The van der Waals surface area contributed by atoms with E-state index < -0.39 is 20.0 Å². The predicted octanol–water partition coefficient (Wildman–Crippen LogP) is 13.8. The Labute approximate surface area is 371 Å². The Morgan fingerprint density at radius 2 is 0.967 bits per heavy atom. The maximum Gasteiger partial charge on any atom is 0.268 e. The van der Waals surface area contributed by atoms with Crippen LogP contribution in [0.4, 0.5) is 0 Å². The number of unbranched alkanes of at least 4 members (excludes halogenated alkanes) is 26. The van der Waals surface area contributed by atoms with Gasteiger partial charge in [-0.05, 0) is 57.8 Å². The lowest BCUT2D eigenvalue weighted by Gasteiger charge is -2.29. The number of phosphoric acid groups is 1. The maximum atomic E-state index is 12.9. The summed E-state index contributed by atoms with van der Waals surface area (Å²) in [7, 11) is 1.25. The van der Waals surface area contributed by atoms with Crippen molar-refractivity contribution in [3.8, 4) is 0 Å². The van der Waals surface area contributed by atoms with Crippen molar-refractivity contribution < 1.29 is 32.9 Å². The third-order valence-corrected chi connectivity index (χ3v) is 12.0. The number of hydrogen-bond donors (Lipinski definition) is 2. The van der Waals surface area contributed by atoms with Gasteiger partial charge in [-0.25, -0.2) is 0 Å². The van der Waals surface area contributed by atoms with E-state index in [-0.39, 0.29) is 19.1 Å². The molecule has 3 unspecified atom stereocenters. The van der Waals surface area contributed by atoms with E-state index >= 15 is 0 Å². The van der Waals surface area contributed by atoms with Crippen LogP contribution in [0.25, 0.3) is 0 Å². The summed E-state index contributed by atoms with van der Waals surface area (Å²) < 4.78 is 23.3. The lowest BCUT2D eigenvalue weighted by molar-refractivity contribution is -0.870. The Bertz CT molecular complexity index is 1120. The van der Waals surface area contributed by atoms with Crippen LogP contribution >= 0.6 is 7.82 Å². The third kappa shape index (κ3) is 44.5. The van der Waals surface area contributed by atoms with Gasteiger partial charge in [0.2, 0.25) is 5.91 Å². The highest BCUT2D eigenvalue weighted by atomic mass is 31.2. The van der Waals surface area contributed by atoms with Crippen molar-refractivity contribution in [2.75, 3.05) is 40.9 Å². The highest BCUT2D eigenvalue weighted by Gasteiger charge is 2.23. The smallest absolute Gasteiger partial charge is 0.268 e. The number of quaternary nitrogens is 1. The fraction of sp³-hybridized carbons (Fsp3) is 0.824. The zero-order chi connectivity index (χ0) is 44.3. The first kappa shape index (κ1) is 58.5. The van der Waals surface area contributed by atoms with Gasteiger partial charge in [-0.1, -0.05) is 204 Å². The van der Waals surface area contributed by atoms with E-state index in [9.17, 15) is 19.4 Å². The number of amides is 1. The van der Waals surface area contributed by atoms with Crippen molar-refractivity contribution in [1.82, 2.24) is 5.32 Å². The van der Waals surface area contributed by atoms with E-state index in [4.69, 9.17) is 9.05 Å². The molecular formula is C51H97N2O6P. The van der Waals surface area contributed by atoms with Crippen LogP contribution < -0.4 is 10.2 Å².